The van der Waals surface area contributed by atoms with Crippen molar-refractivity contribution in [1.82, 2.24) is 14.8 Å². The number of rotatable bonds is 5. The van der Waals surface area contributed by atoms with Gasteiger partial charge in [0.05, 0.1) is 30.3 Å². The lowest BCUT2D eigenvalue weighted by Gasteiger charge is -2.21. The Morgan fingerprint density at radius 3 is 2.76 bits per heavy atom. The Morgan fingerprint density at radius 1 is 1.29 bits per heavy atom. The summed E-state index contributed by atoms with van der Waals surface area (Å²) in [4.78, 5) is 16.2. The molecule has 2 heterocycles. The molecule has 2 aromatic rings. The van der Waals surface area contributed by atoms with Gasteiger partial charge in [0.25, 0.3) is 0 Å². The van der Waals surface area contributed by atoms with Crippen LogP contribution in [0.25, 0.3) is 0 Å². The summed E-state index contributed by atoms with van der Waals surface area (Å²) in [6.45, 7) is 0. The SMILES string of the molecule is Nc1nc(CC(=O)Cc2ccn(C3CCCCC3)n2)cs1. The first kappa shape index (κ1) is 14.3. The molecule has 1 saturated carbocycles. The number of nitrogens with two attached hydrogens (primary N) is 1. The molecule has 1 fully saturated rings. The van der Waals surface area contributed by atoms with E-state index in [1.165, 1.54) is 43.4 Å². The summed E-state index contributed by atoms with van der Waals surface area (Å²) in [5.74, 6) is 0.134. The molecule has 1 aliphatic carbocycles. The van der Waals surface area contributed by atoms with Gasteiger partial charge in [0, 0.05) is 11.6 Å². The molecule has 0 aliphatic heterocycles. The van der Waals surface area contributed by atoms with Gasteiger partial charge in [-0.3, -0.25) is 9.48 Å². The number of ketones is 1. The van der Waals surface area contributed by atoms with E-state index >= 15 is 0 Å². The lowest BCUT2D eigenvalue weighted by Crippen LogP contribution is -2.14. The zero-order valence-electron chi connectivity index (χ0n) is 12.0. The number of hydrogen-bond acceptors (Lipinski definition) is 5. The lowest BCUT2D eigenvalue weighted by atomic mass is 9.96. The molecular formula is C15H20N4OS. The molecule has 1 aliphatic rings. The summed E-state index contributed by atoms with van der Waals surface area (Å²) in [5, 5.41) is 6.93. The largest absolute Gasteiger partial charge is 0.375 e. The number of hydrogen-bond donors (Lipinski definition) is 1. The van der Waals surface area contributed by atoms with Gasteiger partial charge >= 0.3 is 0 Å². The molecule has 0 saturated heterocycles. The first-order valence-corrected chi connectivity index (χ1v) is 8.34. The average molecular weight is 304 g/mol. The van der Waals surface area contributed by atoms with E-state index in [0.717, 1.165) is 11.4 Å². The van der Waals surface area contributed by atoms with E-state index in [2.05, 4.69) is 10.1 Å². The highest BCUT2D eigenvalue weighted by molar-refractivity contribution is 7.13. The standard InChI is InChI=1S/C15H20N4OS/c16-15-17-12(10-21-15)9-14(20)8-11-6-7-19(18-11)13-4-2-1-3-5-13/h6-7,10,13H,1-5,8-9H2,(H2,16,17). The predicted molar refractivity (Wildman–Crippen MR) is 83.3 cm³/mol. The van der Waals surface area contributed by atoms with Crippen molar-refractivity contribution in [2.45, 2.75) is 51.0 Å². The fourth-order valence-electron chi connectivity index (χ4n) is 2.89. The molecule has 3 rings (SSSR count). The predicted octanol–water partition coefficient (Wildman–Crippen LogP) is 2.78. The summed E-state index contributed by atoms with van der Waals surface area (Å²) in [6.07, 6.45) is 9.02. The van der Waals surface area contributed by atoms with E-state index in [9.17, 15) is 4.79 Å². The third-order valence-electron chi connectivity index (χ3n) is 3.94. The minimum absolute atomic E-state index is 0.134. The van der Waals surface area contributed by atoms with E-state index in [0.29, 0.717) is 24.0 Å². The summed E-state index contributed by atoms with van der Waals surface area (Å²) < 4.78 is 2.04. The summed E-state index contributed by atoms with van der Waals surface area (Å²) in [6, 6.07) is 2.47. The molecule has 0 radical (unpaired) electrons. The number of carbonyl (C=O) groups is 1. The molecule has 2 aromatic heterocycles. The van der Waals surface area contributed by atoms with E-state index in [1.54, 1.807) is 0 Å². The van der Waals surface area contributed by atoms with Crippen LogP contribution in [0.15, 0.2) is 17.6 Å². The van der Waals surface area contributed by atoms with E-state index in [4.69, 9.17) is 5.73 Å². The highest BCUT2D eigenvalue weighted by Crippen LogP contribution is 2.27. The van der Waals surface area contributed by atoms with Gasteiger partial charge in [-0.05, 0) is 18.9 Å². The molecule has 6 heteroatoms. The molecule has 21 heavy (non-hydrogen) atoms. The Bertz CT molecular complexity index is 613. The fourth-order valence-corrected chi connectivity index (χ4v) is 3.45. The number of carbonyl (C=O) groups excluding carboxylic acids is 1. The molecule has 0 spiro atoms. The first-order valence-electron chi connectivity index (χ1n) is 7.46. The van der Waals surface area contributed by atoms with Gasteiger partial charge in [0.15, 0.2) is 5.13 Å². The quantitative estimate of drug-likeness (QED) is 0.921. The van der Waals surface area contributed by atoms with Crippen LogP contribution in [0.3, 0.4) is 0 Å². The van der Waals surface area contributed by atoms with Crippen molar-refractivity contribution in [3.63, 3.8) is 0 Å². The first-order chi connectivity index (χ1) is 10.2. The highest BCUT2D eigenvalue weighted by Gasteiger charge is 2.17. The normalized spacial score (nSPS) is 16.2. The molecule has 112 valence electrons. The second-order valence-corrected chi connectivity index (χ2v) is 6.54. The van der Waals surface area contributed by atoms with Gasteiger partial charge in [-0.2, -0.15) is 5.10 Å². The van der Waals surface area contributed by atoms with Crippen molar-refractivity contribution in [2.75, 3.05) is 5.73 Å². The maximum Gasteiger partial charge on any atom is 0.180 e. The Hall–Kier alpha value is -1.69. The Labute approximate surface area is 128 Å². The summed E-state index contributed by atoms with van der Waals surface area (Å²) in [7, 11) is 0. The van der Waals surface area contributed by atoms with Crippen LogP contribution in [0.5, 0.6) is 0 Å². The smallest absolute Gasteiger partial charge is 0.180 e. The molecule has 0 unspecified atom stereocenters. The lowest BCUT2D eigenvalue weighted by molar-refractivity contribution is -0.117. The highest BCUT2D eigenvalue weighted by atomic mass is 32.1. The number of nitrogens with zero attached hydrogens (tertiary/aromatic N) is 3. The monoisotopic (exact) mass is 304 g/mol. The molecule has 0 amide bonds. The van der Waals surface area contributed by atoms with Crippen molar-refractivity contribution >= 4 is 22.3 Å². The second kappa shape index (κ2) is 6.39. The van der Waals surface area contributed by atoms with Crippen LogP contribution in [-0.2, 0) is 17.6 Å². The Kier molecular flexibility index (Phi) is 4.34. The second-order valence-electron chi connectivity index (χ2n) is 5.65. The van der Waals surface area contributed by atoms with Crippen LogP contribution >= 0.6 is 11.3 Å². The van der Waals surface area contributed by atoms with Crippen molar-refractivity contribution in [3.8, 4) is 0 Å². The molecule has 0 atom stereocenters. The van der Waals surface area contributed by atoms with Crippen molar-refractivity contribution in [2.24, 2.45) is 0 Å². The van der Waals surface area contributed by atoms with Crippen molar-refractivity contribution in [1.29, 1.82) is 0 Å². The third kappa shape index (κ3) is 3.69. The number of nitrogen functional groups attached to an aromatic ring is 1. The van der Waals surface area contributed by atoms with Crippen molar-refractivity contribution < 1.29 is 4.79 Å². The van der Waals surface area contributed by atoms with Gasteiger partial charge in [0.2, 0.25) is 0 Å². The number of aromatic nitrogens is 3. The maximum atomic E-state index is 12.1. The van der Waals surface area contributed by atoms with Crippen LogP contribution in [0.1, 0.15) is 49.5 Å². The Morgan fingerprint density at radius 2 is 2.05 bits per heavy atom. The van der Waals surface area contributed by atoms with Gasteiger partial charge in [-0.25, -0.2) is 4.98 Å². The van der Waals surface area contributed by atoms with Crippen LogP contribution in [0.2, 0.25) is 0 Å². The minimum Gasteiger partial charge on any atom is -0.375 e. The molecular weight excluding hydrogens is 284 g/mol. The third-order valence-corrected chi connectivity index (χ3v) is 4.66. The molecule has 2 N–H and O–H groups in total. The van der Waals surface area contributed by atoms with Gasteiger partial charge in [0.1, 0.15) is 5.78 Å². The Balaban J connectivity index is 1.57. The number of anilines is 1. The van der Waals surface area contributed by atoms with Gasteiger partial charge < -0.3 is 5.73 Å². The summed E-state index contributed by atoms with van der Waals surface area (Å²) in [5.41, 5.74) is 7.19. The van der Waals surface area contributed by atoms with E-state index < -0.39 is 0 Å². The van der Waals surface area contributed by atoms with Crippen LogP contribution < -0.4 is 5.73 Å². The number of thiazole rings is 1. The summed E-state index contributed by atoms with van der Waals surface area (Å²) >= 11 is 1.37. The molecule has 0 bridgehead atoms. The maximum absolute atomic E-state index is 12.1. The number of Topliss-reactive ketones (excluding diaryl/α,β-unsaturated/α-hetero) is 1. The van der Waals surface area contributed by atoms with Crippen molar-refractivity contribution in [3.05, 3.63) is 29.0 Å². The van der Waals surface area contributed by atoms with E-state index in [1.807, 2.05) is 22.3 Å². The van der Waals surface area contributed by atoms with Crippen LogP contribution in [0, 0.1) is 0 Å². The van der Waals surface area contributed by atoms with Gasteiger partial charge in [-0.1, -0.05) is 19.3 Å². The average Bonchev–Trinajstić information content (AvgIpc) is 3.09. The van der Waals surface area contributed by atoms with Crippen LogP contribution in [-0.4, -0.2) is 20.5 Å². The van der Waals surface area contributed by atoms with E-state index in [-0.39, 0.29) is 5.78 Å². The fraction of sp³-hybridized carbons (Fsp3) is 0.533. The molecule has 0 aromatic carbocycles. The van der Waals surface area contributed by atoms with Gasteiger partial charge in [-0.15, -0.1) is 11.3 Å². The zero-order chi connectivity index (χ0) is 14.7. The van der Waals surface area contributed by atoms with Crippen LogP contribution in [0.4, 0.5) is 5.13 Å². The topological polar surface area (TPSA) is 73.8 Å². The minimum atomic E-state index is 0.134. The molecule has 5 nitrogen and oxygen atoms in total. The zero-order valence-corrected chi connectivity index (χ0v) is 12.8.